The van der Waals surface area contributed by atoms with E-state index in [9.17, 15) is 23.9 Å². The molecule has 35 heavy (non-hydrogen) atoms. The van der Waals surface area contributed by atoms with Crippen LogP contribution in [0, 0.1) is 5.82 Å². The molecule has 2 N–H and O–H groups in total. The lowest BCUT2D eigenvalue weighted by Crippen LogP contribution is -2.49. The highest BCUT2D eigenvalue weighted by atomic mass is 19.1. The van der Waals surface area contributed by atoms with Gasteiger partial charge in [-0.15, -0.1) is 0 Å². The predicted octanol–water partition coefficient (Wildman–Crippen LogP) is 2.02. The lowest BCUT2D eigenvalue weighted by atomic mass is 10.1. The Morgan fingerprint density at radius 1 is 1.14 bits per heavy atom. The second-order valence-electron chi connectivity index (χ2n) is 8.55. The van der Waals surface area contributed by atoms with Crippen molar-refractivity contribution in [1.82, 2.24) is 24.7 Å². The van der Waals surface area contributed by atoms with Gasteiger partial charge in [-0.1, -0.05) is 30.3 Å². The van der Waals surface area contributed by atoms with Crippen LogP contribution in [0.3, 0.4) is 0 Å². The number of carbonyl (C=O) groups is 2. The van der Waals surface area contributed by atoms with Gasteiger partial charge < -0.3 is 19.9 Å². The first-order chi connectivity index (χ1) is 16.7. The lowest BCUT2D eigenvalue weighted by Gasteiger charge is -2.38. The van der Waals surface area contributed by atoms with Crippen LogP contribution >= 0.6 is 0 Å². The molecule has 0 radical (unpaired) electrons. The lowest BCUT2D eigenvalue weighted by molar-refractivity contribution is 0.0530. The number of amides is 2. The van der Waals surface area contributed by atoms with Crippen molar-refractivity contribution in [3.8, 4) is 5.75 Å². The molecular formula is C25H26FN5O4. The smallest absolute Gasteiger partial charge is 0.293 e. The van der Waals surface area contributed by atoms with Gasteiger partial charge >= 0.3 is 0 Å². The zero-order chi connectivity index (χ0) is 25.1. The topological polar surface area (TPSA) is 110 Å². The van der Waals surface area contributed by atoms with E-state index >= 15 is 0 Å². The predicted molar refractivity (Wildman–Crippen MR) is 126 cm³/mol. The summed E-state index contributed by atoms with van der Waals surface area (Å²) in [6, 6.07) is 14.1. The van der Waals surface area contributed by atoms with Crippen molar-refractivity contribution in [3.63, 3.8) is 0 Å². The molecule has 2 heterocycles. The molecule has 9 nitrogen and oxygen atoms in total. The minimum Gasteiger partial charge on any atom is -0.501 e. The fraction of sp³-hybridized carbons (Fsp3) is 0.280. The van der Waals surface area contributed by atoms with E-state index in [0.29, 0.717) is 24.2 Å². The molecule has 1 aliphatic heterocycles. The van der Waals surface area contributed by atoms with Crippen molar-refractivity contribution in [2.75, 3.05) is 33.7 Å². The number of aromatic nitrogens is 2. The molecule has 1 aromatic heterocycles. The minimum absolute atomic E-state index is 0.130. The molecule has 0 saturated carbocycles. The molecule has 2 amide bonds. The first-order valence-corrected chi connectivity index (χ1v) is 11.1. The van der Waals surface area contributed by atoms with Crippen LogP contribution in [0.1, 0.15) is 38.3 Å². The highest BCUT2D eigenvalue weighted by molar-refractivity contribution is 5.95. The number of hydrogen-bond acceptors (Lipinski definition) is 6. The Kier molecular flexibility index (Phi) is 6.92. The molecule has 10 heteroatoms. The number of aromatic hydroxyl groups is 1. The third-order valence-electron chi connectivity index (χ3n) is 6.07. The Hall–Kier alpha value is -4.05. The fourth-order valence-electron chi connectivity index (χ4n) is 4.02. The first-order valence-electron chi connectivity index (χ1n) is 11.1. The number of H-pyrrole nitrogens is 1. The van der Waals surface area contributed by atoms with E-state index in [0.717, 1.165) is 0 Å². The molecule has 4 rings (SSSR count). The van der Waals surface area contributed by atoms with Gasteiger partial charge in [-0.05, 0) is 36.9 Å². The van der Waals surface area contributed by atoms with Crippen molar-refractivity contribution in [3.05, 3.63) is 93.4 Å². The van der Waals surface area contributed by atoms with Crippen LogP contribution in [0.5, 0.6) is 5.75 Å². The van der Waals surface area contributed by atoms with E-state index in [1.807, 2.05) is 18.0 Å². The first kappa shape index (κ1) is 24.1. The van der Waals surface area contributed by atoms with Gasteiger partial charge in [0.2, 0.25) is 5.75 Å². The molecule has 0 spiro atoms. The second-order valence-corrected chi connectivity index (χ2v) is 8.55. The van der Waals surface area contributed by atoms with Crippen LogP contribution in [-0.2, 0) is 6.54 Å². The standard InChI is InChI=1S/C25H26FN5O4/c1-29-12-13-31(24(34)17-6-4-3-5-7-17)15-19(29)22-27-20(21(32)23(33)28-22)25(35)30(2)14-16-8-10-18(26)11-9-16/h3-11,19,32H,12-15H2,1-2H3,(H,27,28,33). The van der Waals surface area contributed by atoms with Crippen LogP contribution < -0.4 is 5.56 Å². The summed E-state index contributed by atoms with van der Waals surface area (Å²) >= 11 is 0. The van der Waals surface area contributed by atoms with Crippen molar-refractivity contribution < 1.29 is 19.1 Å². The molecular weight excluding hydrogens is 453 g/mol. The highest BCUT2D eigenvalue weighted by Crippen LogP contribution is 2.24. The molecule has 2 aromatic carbocycles. The van der Waals surface area contributed by atoms with Crippen LogP contribution in [-0.4, -0.2) is 75.3 Å². The fourth-order valence-corrected chi connectivity index (χ4v) is 4.02. The van der Waals surface area contributed by atoms with Gasteiger partial charge in [0, 0.05) is 38.8 Å². The summed E-state index contributed by atoms with van der Waals surface area (Å²) in [7, 11) is 3.34. The third-order valence-corrected chi connectivity index (χ3v) is 6.07. The summed E-state index contributed by atoms with van der Waals surface area (Å²) in [6.07, 6.45) is 0. The van der Waals surface area contributed by atoms with Crippen LogP contribution in [0.4, 0.5) is 4.39 Å². The van der Waals surface area contributed by atoms with E-state index in [1.165, 1.54) is 24.1 Å². The van der Waals surface area contributed by atoms with E-state index in [1.54, 1.807) is 41.3 Å². The molecule has 1 atom stereocenters. The number of nitrogens with one attached hydrogen (secondary N) is 1. The number of likely N-dealkylation sites (N-methyl/N-ethyl adjacent to an activating group) is 1. The van der Waals surface area contributed by atoms with Crippen molar-refractivity contribution >= 4 is 11.8 Å². The number of nitrogens with zero attached hydrogens (tertiary/aromatic N) is 4. The summed E-state index contributed by atoms with van der Waals surface area (Å²) in [5.74, 6) is -1.78. The second kappa shape index (κ2) is 10.1. The zero-order valence-corrected chi connectivity index (χ0v) is 19.4. The minimum atomic E-state index is -0.839. The van der Waals surface area contributed by atoms with Gasteiger partial charge in [-0.2, -0.15) is 0 Å². The number of rotatable bonds is 5. The maximum atomic E-state index is 13.2. The molecule has 0 aliphatic carbocycles. The normalized spacial score (nSPS) is 16.2. The highest BCUT2D eigenvalue weighted by Gasteiger charge is 2.32. The van der Waals surface area contributed by atoms with Crippen LogP contribution in [0.2, 0.25) is 0 Å². The third kappa shape index (κ3) is 5.22. The van der Waals surface area contributed by atoms with Gasteiger partial charge in [0.1, 0.15) is 11.6 Å². The van der Waals surface area contributed by atoms with E-state index in [4.69, 9.17) is 0 Å². The van der Waals surface area contributed by atoms with Gasteiger partial charge in [-0.3, -0.25) is 19.3 Å². The monoisotopic (exact) mass is 479 g/mol. The molecule has 0 bridgehead atoms. The van der Waals surface area contributed by atoms with Gasteiger partial charge in [0.05, 0.1) is 6.04 Å². The average molecular weight is 480 g/mol. The summed E-state index contributed by atoms with van der Waals surface area (Å²) in [6.45, 7) is 1.40. The average Bonchev–Trinajstić information content (AvgIpc) is 2.87. The molecule has 3 aromatic rings. The summed E-state index contributed by atoms with van der Waals surface area (Å²) in [5, 5.41) is 10.3. The number of hydrogen-bond donors (Lipinski definition) is 2. The maximum absolute atomic E-state index is 13.2. The van der Waals surface area contributed by atoms with Crippen LogP contribution in [0.15, 0.2) is 59.4 Å². The number of carbonyl (C=O) groups excluding carboxylic acids is 2. The molecule has 1 unspecified atom stereocenters. The van der Waals surface area contributed by atoms with Crippen molar-refractivity contribution in [1.29, 1.82) is 0 Å². The molecule has 1 fully saturated rings. The van der Waals surface area contributed by atoms with Crippen molar-refractivity contribution in [2.24, 2.45) is 0 Å². The van der Waals surface area contributed by atoms with Gasteiger partial charge in [0.25, 0.3) is 17.4 Å². The number of halogens is 1. The summed E-state index contributed by atoms with van der Waals surface area (Å²) in [5.41, 5.74) is 0.0110. The number of aromatic amines is 1. The Labute approximate surface area is 201 Å². The van der Waals surface area contributed by atoms with E-state index < -0.39 is 29.1 Å². The van der Waals surface area contributed by atoms with Gasteiger partial charge in [-0.25, -0.2) is 9.37 Å². The Morgan fingerprint density at radius 2 is 1.83 bits per heavy atom. The molecule has 182 valence electrons. The summed E-state index contributed by atoms with van der Waals surface area (Å²) < 4.78 is 13.2. The Morgan fingerprint density at radius 3 is 2.51 bits per heavy atom. The molecule has 1 aliphatic rings. The Bertz CT molecular complexity index is 1280. The molecule has 1 saturated heterocycles. The largest absolute Gasteiger partial charge is 0.501 e. The van der Waals surface area contributed by atoms with E-state index in [2.05, 4.69) is 9.97 Å². The van der Waals surface area contributed by atoms with Crippen LogP contribution in [0.25, 0.3) is 0 Å². The SMILES string of the molecule is CN(Cc1ccc(F)cc1)C(=O)c1nc(C2CN(C(=O)c3ccccc3)CCN2C)[nH]c(=O)c1O. The van der Waals surface area contributed by atoms with Crippen molar-refractivity contribution in [2.45, 2.75) is 12.6 Å². The van der Waals surface area contributed by atoms with Gasteiger partial charge in [0.15, 0.2) is 5.69 Å². The quantitative estimate of drug-likeness (QED) is 0.580. The maximum Gasteiger partial charge on any atom is 0.293 e. The summed E-state index contributed by atoms with van der Waals surface area (Å²) in [4.78, 5) is 50.3. The zero-order valence-electron chi connectivity index (χ0n) is 19.4. The number of piperazine rings is 1. The number of benzene rings is 2. The Balaban J connectivity index is 1.58. The van der Waals surface area contributed by atoms with E-state index in [-0.39, 0.29) is 30.5 Å².